The van der Waals surface area contributed by atoms with Crippen LogP contribution >= 0.6 is 22.6 Å². The highest BCUT2D eigenvalue weighted by Gasteiger charge is 2.17. The fraction of sp³-hybridized carbons (Fsp3) is 0.200. The maximum absolute atomic E-state index is 5.36. The number of halogens is 1. The fourth-order valence-corrected chi connectivity index (χ4v) is 1.68. The summed E-state index contributed by atoms with van der Waals surface area (Å²) in [5.41, 5.74) is 0.669. The van der Waals surface area contributed by atoms with Crippen LogP contribution in [0, 0.1) is 3.90 Å². The predicted octanol–water partition coefficient (Wildman–Crippen LogP) is 2.36. The summed E-state index contributed by atoms with van der Waals surface area (Å²) < 4.78 is 16.3. The van der Waals surface area contributed by atoms with Gasteiger partial charge in [0.05, 0.1) is 14.2 Å². The maximum Gasteiger partial charge on any atom is 0.278 e. The van der Waals surface area contributed by atoms with Gasteiger partial charge in [-0.25, -0.2) is 0 Å². The molecule has 0 spiro atoms. The van der Waals surface area contributed by atoms with E-state index in [0.717, 1.165) is 0 Å². The van der Waals surface area contributed by atoms with Crippen LogP contribution < -0.4 is 9.47 Å². The van der Waals surface area contributed by atoms with Gasteiger partial charge in [-0.2, -0.15) is 0 Å². The number of benzene rings is 1. The van der Waals surface area contributed by atoms with E-state index in [1.54, 1.807) is 14.2 Å². The van der Waals surface area contributed by atoms with E-state index in [4.69, 9.17) is 13.9 Å². The number of hydrogen-bond donors (Lipinski definition) is 0. The van der Waals surface area contributed by atoms with E-state index < -0.39 is 0 Å². The van der Waals surface area contributed by atoms with Crippen molar-refractivity contribution in [2.24, 2.45) is 0 Å². The van der Waals surface area contributed by atoms with E-state index in [1.807, 2.05) is 40.8 Å². The smallest absolute Gasteiger partial charge is 0.278 e. The van der Waals surface area contributed by atoms with Gasteiger partial charge in [-0.3, -0.25) is 0 Å². The van der Waals surface area contributed by atoms with Crippen molar-refractivity contribution in [1.82, 2.24) is 10.2 Å². The van der Waals surface area contributed by atoms with Crippen molar-refractivity contribution < 1.29 is 13.9 Å². The van der Waals surface area contributed by atoms with Crippen molar-refractivity contribution in [3.05, 3.63) is 22.1 Å². The Morgan fingerprint density at radius 1 is 1.12 bits per heavy atom. The molecule has 0 saturated carbocycles. The average Bonchev–Trinajstić information content (AvgIpc) is 2.74. The van der Waals surface area contributed by atoms with Gasteiger partial charge in [-0.15, -0.1) is 10.2 Å². The lowest BCUT2D eigenvalue weighted by molar-refractivity contribution is 0.393. The molecule has 1 heterocycles. The molecule has 84 valence electrons. The minimum Gasteiger partial charge on any atom is -0.496 e. The molecule has 0 fully saturated rings. The first-order valence-electron chi connectivity index (χ1n) is 4.46. The Kier molecular flexibility index (Phi) is 3.28. The second-order valence-electron chi connectivity index (χ2n) is 2.90. The van der Waals surface area contributed by atoms with Gasteiger partial charge in [-0.1, -0.05) is 6.07 Å². The van der Waals surface area contributed by atoms with Crippen LogP contribution in [0.5, 0.6) is 11.5 Å². The number of methoxy groups -OCH3 is 2. The highest BCUT2D eigenvalue weighted by Crippen LogP contribution is 2.37. The lowest BCUT2D eigenvalue weighted by Gasteiger charge is -2.09. The lowest BCUT2D eigenvalue weighted by atomic mass is 10.2. The molecule has 1 aromatic carbocycles. The maximum atomic E-state index is 5.36. The summed E-state index contributed by atoms with van der Waals surface area (Å²) in [4.78, 5) is 0. The molecule has 5 nitrogen and oxygen atoms in total. The Labute approximate surface area is 106 Å². The van der Waals surface area contributed by atoms with Crippen LogP contribution in [0.4, 0.5) is 0 Å². The molecule has 0 atom stereocenters. The Morgan fingerprint density at radius 2 is 1.75 bits per heavy atom. The number of aromatic nitrogens is 2. The Hall–Kier alpha value is -1.31. The summed E-state index contributed by atoms with van der Waals surface area (Å²) in [5, 5.41) is 7.72. The Morgan fingerprint density at radius 3 is 2.19 bits per heavy atom. The first-order valence-corrected chi connectivity index (χ1v) is 5.54. The highest BCUT2D eigenvalue weighted by molar-refractivity contribution is 14.1. The van der Waals surface area contributed by atoms with Crippen LogP contribution in [-0.2, 0) is 0 Å². The van der Waals surface area contributed by atoms with E-state index in [-0.39, 0.29) is 0 Å². The van der Waals surface area contributed by atoms with Crippen LogP contribution in [0.3, 0.4) is 0 Å². The highest BCUT2D eigenvalue weighted by atomic mass is 127. The second-order valence-corrected chi connectivity index (χ2v) is 3.82. The van der Waals surface area contributed by atoms with Gasteiger partial charge in [-0.05, 0) is 12.1 Å². The zero-order valence-electron chi connectivity index (χ0n) is 8.73. The minimum absolute atomic E-state index is 0.388. The van der Waals surface area contributed by atoms with Gasteiger partial charge in [0.25, 0.3) is 9.79 Å². The average molecular weight is 332 g/mol. The molecule has 0 unspecified atom stereocenters. The third-order valence-corrected chi connectivity index (χ3v) is 2.48. The van der Waals surface area contributed by atoms with E-state index in [0.29, 0.717) is 26.9 Å². The van der Waals surface area contributed by atoms with Crippen molar-refractivity contribution in [1.29, 1.82) is 0 Å². The Bertz CT molecular complexity index is 476. The number of nitrogens with zero attached hydrogens (tertiary/aromatic N) is 2. The van der Waals surface area contributed by atoms with Crippen molar-refractivity contribution in [2.45, 2.75) is 0 Å². The van der Waals surface area contributed by atoms with E-state index in [9.17, 15) is 0 Å². The molecule has 0 aliphatic heterocycles. The lowest BCUT2D eigenvalue weighted by Crippen LogP contribution is -1.92. The van der Waals surface area contributed by atoms with Crippen LogP contribution in [0.25, 0.3) is 11.5 Å². The molecule has 6 heteroatoms. The number of ether oxygens (including phenoxy) is 2. The van der Waals surface area contributed by atoms with Gasteiger partial charge in [0.2, 0.25) is 0 Å². The summed E-state index contributed by atoms with van der Waals surface area (Å²) in [7, 11) is 3.17. The topological polar surface area (TPSA) is 57.4 Å². The molecular weight excluding hydrogens is 323 g/mol. The molecule has 0 saturated heterocycles. The SMILES string of the molecule is COc1cccc(OC)c1-c1nnc(I)o1. The molecule has 1 aromatic heterocycles. The zero-order valence-corrected chi connectivity index (χ0v) is 10.9. The molecule has 2 rings (SSSR count). The molecular formula is C10H9IN2O3. The van der Waals surface area contributed by atoms with Crippen LogP contribution in [-0.4, -0.2) is 24.4 Å². The number of hydrogen-bond acceptors (Lipinski definition) is 5. The van der Waals surface area contributed by atoms with Gasteiger partial charge in [0.15, 0.2) is 0 Å². The molecule has 0 bridgehead atoms. The second kappa shape index (κ2) is 4.69. The molecule has 0 aliphatic carbocycles. The third kappa shape index (κ3) is 1.97. The first kappa shape index (κ1) is 11.2. The normalized spacial score (nSPS) is 10.2. The van der Waals surface area contributed by atoms with Crippen LogP contribution in [0.15, 0.2) is 22.6 Å². The van der Waals surface area contributed by atoms with Gasteiger partial charge in [0, 0.05) is 22.6 Å². The van der Waals surface area contributed by atoms with Crippen molar-refractivity contribution in [2.75, 3.05) is 14.2 Å². The third-order valence-electron chi connectivity index (χ3n) is 2.04. The fourth-order valence-electron chi connectivity index (χ4n) is 1.37. The summed E-state index contributed by atoms with van der Waals surface area (Å²) in [6.07, 6.45) is 0. The van der Waals surface area contributed by atoms with Gasteiger partial charge >= 0.3 is 0 Å². The van der Waals surface area contributed by atoms with Crippen molar-refractivity contribution in [3.8, 4) is 23.0 Å². The van der Waals surface area contributed by atoms with E-state index in [1.165, 1.54) is 0 Å². The van der Waals surface area contributed by atoms with Gasteiger partial charge in [0.1, 0.15) is 17.1 Å². The molecule has 0 amide bonds. The predicted molar refractivity (Wildman–Crippen MR) is 65.6 cm³/mol. The monoisotopic (exact) mass is 332 g/mol. The molecule has 0 aliphatic rings. The number of rotatable bonds is 3. The van der Waals surface area contributed by atoms with Crippen molar-refractivity contribution in [3.63, 3.8) is 0 Å². The largest absolute Gasteiger partial charge is 0.496 e. The van der Waals surface area contributed by atoms with E-state index in [2.05, 4.69) is 10.2 Å². The van der Waals surface area contributed by atoms with Crippen LogP contribution in [0.1, 0.15) is 0 Å². The summed E-state index contributed by atoms with van der Waals surface area (Å²) in [6, 6.07) is 5.46. The summed E-state index contributed by atoms with van der Waals surface area (Å²) in [5.74, 6) is 1.66. The van der Waals surface area contributed by atoms with Gasteiger partial charge < -0.3 is 13.9 Å². The Balaban J connectivity index is 2.60. The summed E-state index contributed by atoms with van der Waals surface area (Å²) >= 11 is 1.95. The quantitative estimate of drug-likeness (QED) is 0.808. The molecule has 16 heavy (non-hydrogen) atoms. The van der Waals surface area contributed by atoms with Crippen molar-refractivity contribution >= 4 is 22.6 Å². The zero-order chi connectivity index (χ0) is 11.5. The molecule has 0 radical (unpaired) electrons. The standard InChI is InChI=1S/C10H9IN2O3/c1-14-6-4-3-5-7(15-2)8(6)9-12-13-10(11)16-9/h3-5H,1-2H3. The van der Waals surface area contributed by atoms with E-state index >= 15 is 0 Å². The van der Waals surface area contributed by atoms with Crippen LogP contribution in [0.2, 0.25) is 0 Å². The first-order chi connectivity index (χ1) is 7.76. The summed E-state index contributed by atoms with van der Waals surface area (Å²) in [6.45, 7) is 0. The molecule has 0 N–H and O–H groups in total. The molecule has 2 aromatic rings. The minimum atomic E-state index is 0.388.